The van der Waals surface area contributed by atoms with E-state index in [2.05, 4.69) is 51.1 Å². The van der Waals surface area contributed by atoms with Crippen LogP contribution in [0.2, 0.25) is 0 Å². The average molecular weight is 667 g/mol. The minimum atomic E-state index is -4.75. The van der Waals surface area contributed by atoms with Crippen LogP contribution in [0, 0.1) is 6.92 Å². The minimum Gasteiger partial charge on any atom is -0.406 e. The van der Waals surface area contributed by atoms with Crippen molar-refractivity contribution in [1.29, 1.82) is 0 Å². The van der Waals surface area contributed by atoms with Gasteiger partial charge in [0.05, 0.1) is 17.1 Å². The third-order valence-corrected chi connectivity index (χ3v) is 8.42. The van der Waals surface area contributed by atoms with Crippen LogP contribution in [0.5, 0.6) is 5.75 Å². The predicted octanol–water partition coefficient (Wildman–Crippen LogP) is 7.60. The van der Waals surface area contributed by atoms with Crippen molar-refractivity contribution in [2.24, 2.45) is 4.99 Å². The van der Waals surface area contributed by atoms with E-state index in [0.717, 1.165) is 40.8 Å². The number of carbonyl (C=O) groups excluding carboxylic acids is 1. The first-order valence-corrected chi connectivity index (χ1v) is 16.1. The molecule has 1 aliphatic heterocycles. The maximum atomic E-state index is 12.9. The van der Waals surface area contributed by atoms with Gasteiger partial charge < -0.3 is 10.1 Å². The number of alkyl halides is 3. The molecule has 1 amide bonds. The first-order valence-electron chi connectivity index (χ1n) is 14.7. The number of ether oxygens (including phenoxy) is 1. The number of rotatable bonds is 9. The van der Waals surface area contributed by atoms with Crippen molar-refractivity contribution in [3.05, 3.63) is 89.7 Å². The maximum Gasteiger partial charge on any atom is 0.573 e. The smallest absolute Gasteiger partial charge is 0.406 e. The highest BCUT2D eigenvalue weighted by atomic mass is 32.2. The van der Waals surface area contributed by atoms with E-state index in [4.69, 9.17) is 12.2 Å². The van der Waals surface area contributed by atoms with Crippen LogP contribution in [-0.4, -0.2) is 49.1 Å². The van der Waals surface area contributed by atoms with Crippen LogP contribution in [0.3, 0.4) is 0 Å². The van der Waals surface area contributed by atoms with Crippen LogP contribution in [0.15, 0.2) is 78.0 Å². The Labute approximate surface area is 275 Å². The number of aryl methyl sites for hydroxylation is 2. The fraction of sp³-hybridized carbons (Fsp3) is 0.303. The fourth-order valence-corrected chi connectivity index (χ4v) is 6.16. The number of anilines is 1. The third-order valence-electron chi connectivity index (χ3n) is 7.29. The number of amides is 1. The summed E-state index contributed by atoms with van der Waals surface area (Å²) in [6, 6.07) is 19.5. The van der Waals surface area contributed by atoms with Crippen molar-refractivity contribution in [1.82, 2.24) is 20.1 Å². The molecular formula is C33H33F3N6O2S2. The lowest BCUT2D eigenvalue weighted by molar-refractivity contribution is -0.274. The van der Waals surface area contributed by atoms with Gasteiger partial charge in [0.1, 0.15) is 12.1 Å². The topological polar surface area (TPSA) is 84.6 Å². The Morgan fingerprint density at radius 2 is 1.80 bits per heavy atom. The van der Waals surface area contributed by atoms with Crippen molar-refractivity contribution in [3.63, 3.8) is 0 Å². The third kappa shape index (κ3) is 8.32. The maximum absolute atomic E-state index is 12.9. The van der Waals surface area contributed by atoms with E-state index >= 15 is 0 Å². The quantitative estimate of drug-likeness (QED) is 0.184. The summed E-state index contributed by atoms with van der Waals surface area (Å²) in [4.78, 5) is 23.6. The second-order valence-corrected chi connectivity index (χ2v) is 12.6. The molecule has 1 aromatic heterocycles. The molecule has 1 aliphatic rings. The van der Waals surface area contributed by atoms with Gasteiger partial charge in [-0.25, -0.2) is 9.67 Å². The van der Waals surface area contributed by atoms with E-state index < -0.39 is 6.36 Å². The lowest BCUT2D eigenvalue weighted by atomic mass is 9.99. The molecule has 0 bridgehead atoms. The van der Waals surface area contributed by atoms with Crippen molar-refractivity contribution in [2.45, 2.75) is 58.9 Å². The van der Waals surface area contributed by atoms with Gasteiger partial charge in [-0.15, -0.1) is 18.3 Å². The highest BCUT2D eigenvalue weighted by Gasteiger charge is 2.32. The van der Waals surface area contributed by atoms with Crippen molar-refractivity contribution >= 4 is 45.9 Å². The molecule has 240 valence electrons. The van der Waals surface area contributed by atoms with Crippen LogP contribution in [-0.2, 0) is 11.2 Å². The molecule has 3 aromatic carbocycles. The van der Waals surface area contributed by atoms with Crippen LogP contribution >= 0.6 is 24.0 Å². The van der Waals surface area contributed by atoms with E-state index in [1.54, 1.807) is 4.90 Å². The number of nitrogens with one attached hydrogen (secondary N) is 1. The van der Waals surface area contributed by atoms with Gasteiger partial charge in [-0.3, -0.25) is 9.69 Å². The molecule has 0 saturated carbocycles. The molecule has 1 atom stereocenters. The zero-order valence-corrected chi connectivity index (χ0v) is 27.3. The van der Waals surface area contributed by atoms with Gasteiger partial charge in [0.25, 0.3) is 0 Å². The number of aromatic nitrogens is 3. The van der Waals surface area contributed by atoms with E-state index in [9.17, 15) is 18.0 Å². The molecule has 0 spiro atoms. The Kier molecular flexibility index (Phi) is 10.1. The molecule has 1 fully saturated rings. The lowest BCUT2D eigenvalue weighted by Crippen LogP contribution is -2.34. The summed E-state index contributed by atoms with van der Waals surface area (Å²) in [5.41, 5.74) is 5.51. The average Bonchev–Trinajstić information content (AvgIpc) is 3.63. The molecule has 1 saturated heterocycles. The first kappa shape index (κ1) is 33.1. The van der Waals surface area contributed by atoms with Crippen molar-refractivity contribution in [3.8, 4) is 22.8 Å². The summed E-state index contributed by atoms with van der Waals surface area (Å²) in [7, 11) is 0. The number of benzene rings is 3. The number of thiocarbonyl (C=S) groups is 1. The van der Waals surface area contributed by atoms with Gasteiger partial charge >= 0.3 is 6.36 Å². The highest BCUT2D eigenvalue weighted by molar-refractivity contribution is 8.15. The highest BCUT2D eigenvalue weighted by Crippen LogP contribution is 2.34. The molecule has 0 radical (unpaired) electrons. The molecule has 8 nitrogen and oxygen atoms in total. The second-order valence-electron chi connectivity index (χ2n) is 11.3. The Morgan fingerprint density at radius 1 is 1.09 bits per heavy atom. The van der Waals surface area contributed by atoms with Gasteiger partial charge in [-0.05, 0) is 91.8 Å². The number of hydrogen-bond donors (Lipinski definition) is 1. The molecule has 46 heavy (non-hydrogen) atoms. The molecule has 5 rings (SSSR count). The molecule has 13 heteroatoms. The normalized spacial score (nSPS) is 15.1. The summed E-state index contributed by atoms with van der Waals surface area (Å²) >= 11 is 6.96. The lowest BCUT2D eigenvalue weighted by Gasteiger charge is -2.22. The fourth-order valence-electron chi connectivity index (χ4n) is 4.94. The summed E-state index contributed by atoms with van der Waals surface area (Å²) in [6.07, 6.45) is -1.64. The number of carbonyl (C=O) groups is 1. The monoisotopic (exact) mass is 666 g/mol. The standard InChI is InChI=1S/C33H33F3N6O2S2/c1-20(2)27-16-5-21(3)17-28(27)42-29(43)18-46-32(42)39-31(45)38-22(4)6-7-23-8-10-24(11-9-23)30-37-19-41(40-30)25-12-14-26(15-13-25)44-33(34,35)36/h5,8-17,19-20,22H,6-7,18H2,1-4H3,(H,38,45)/b39-32-. The Balaban J connectivity index is 1.16. The second kappa shape index (κ2) is 14.0. The summed E-state index contributed by atoms with van der Waals surface area (Å²) in [5.74, 6) is 0.749. The van der Waals surface area contributed by atoms with Crippen LogP contribution < -0.4 is 15.0 Å². The van der Waals surface area contributed by atoms with Gasteiger partial charge in [0.15, 0.2) is 16.1 Å². The molecular weight excluding hydrogens is 634 g/mol. The van der Waals surface area contributed by atoms with Gasteiger partial charge in [0.2, 0.25) is 5.91 Å². The van der Waals surface area contributed by atoms with Gasteiger partial charge in [0, 0.05) is 11.6 Å². The van der Waals surface area contributed by atoms with E-state index in [0.29, 0.717) is 27.5 Å². The van der Waals surface area contributed by atoms with Crippen molar-refractivity contribution < 1.29 is 22.7 Å². The first-order chi connectivity index (χ1) is 21.9. The van der Waals surface area contributed by atoms with Crippen molar-refractivity contribution in [2.75, 3.05) is 10.7 Å². The summed E-state index contributed by atoms with van der Waals surface area (Å²) in [5, 5.41) is 8.67. The molecule has 4 aromatic rings. The molecule has 2 heterocycles. The number of nitrogens with zero attached hydrogens (tertiary/aromatic N) is 5. The van der Waals surface area contributed by atoms with Gasteiger partial charge in [-0.2, -0.15) is 4.99 Å². The number of aliphatic imine (C=N–C) groups is 1. The largest absolute Gasteiger partial charge is 0.573 e. The molecule has 0 aliphatic carbocycles. The van der Waals surface area contributed by atoms with Crippen LogP contribution in [0.1, 0.15) is 49.8 Å². The van der Waals surface area contributed by atoms with Crippen LogP contribution in [0.25, 0.3) is 17.1 Å². The summed E-state index contributed by atoms with van der Waals surface area (Å²) in [6.45, 7) is 8.27. The zero-order chi connectivity index (χ0) is 33.0. The van der Waals surface area contributed by atoms with Crippen LogP contribution in [0.4, 0.5) is 18.9 Å². The Morgan fingerprint density at radius 3 is 2.48 bits per heavy atom. The Bertz CT molecular complexity index is 1740. The number of thioether (sulfide) groups is 1. The minimum absolute atomic E-state index is 0.00822. The predicted molar refractivity (Wildman–Crippen MR) is 180 cm³/mol. The zero-order valence-electron chi connectivity index (χ0n) is 25.7. The molecule has 1 unspecified atom stereocenters. The number of amidine groups is 1. The number of halogens is 3. The van der Waals surface area contributed by atoms with Gasteiger partial charge in [-0.1, -0.05) is 62.0 Å². The van der Waals surface area contributed by atoms with E-state index in [1.807, 2.05) is 44.2 Å². The SMILES string of the molecule is Cc1ccc(C(C)C)c(N2C(=O)CS/C2=N\C(=S)NC(C)CCc2ccc(-c3ncn(-c4ccc(OC(F)(F)F)cc4)n3)cc2)c1. The Hall–Kier alpha value is -4.23. The molecule has 1 N–H and O–H groups in total. The van der Waals surface area contributed by atoms with E-state index in [1.165, 1.54) is 47.0 Å². The van der Waals surface area contributed by atoms with E-state index in [-0.39, 0.29) is 23.6 Å². The number of hydrogen-bond acceptors (Lipinski definition) is 6. The summed E-state index contributed by atoms with van der Waals surface area (Å²) < 4.78 is 42.7.